The molecule has 1 N–H and O–H groups in total. The van der Waals surface area contributed by atoms with Crippen LogP contribution in [0.1, 0.15) is 51.6 Å². The van der Waals surface area contributed by atoms with Gasteiger partial charge in [-0.25, -0.2) is 0 Å². The second kappa shape index (κ2) is 7.57. The normalized spacial score (nSPS) is 18.6. The van der Waals surface area contributed by atoms with Crippen LogP contribution >= 0.6 is 11.8 Å². The summed E-state index contributed by atoms with van der Waals surface area (Å²) in [6.45, 7) is 0. The summed E-state index contributed by atoms with van der Waals surface area (Å²) in [4.78, 5) is 1.10. The van der Waals surface area contributed by atoms with Crippen molar-refractivity contribution in [1.82, 2.24) is 0 Å². The summed E-state index contributed by atoms with van der Waals surface area (Å²) in [6, 6.07) is 7.81. The summed E-state index contributed by atoms with van der Waals surface area (Å²) in [7, 11) is 0. The summed E-state index contributed by atoms with van der Waals surface area (Å²) in [5.41, 5.74) is 0.570. The van der Waals surface area contributed by atoms with E-state index in [1.807, 2.05) is 30.0 Å². The zero-order valence-electron chi connectivity index (χ0n) is 12.1. The molecule has 2 nitrogen and oxygen atoms in total. The Bertz CT molecular complexity index is 480. The van der Waals surface area contributed by atoms with Crippen LogP contribution in [0.3, 0.4) is 0 Å². The second-order valence-corrected chi connectivity index (χ2v) is 6.27. The van der Waals surface area contributed by atoms with Crippen molar-refractivity contribution in [1.29, 1.82) is 5.26 Å². The van der Waals surface area contributed by atoms with Gasteiger partial charge in [-0.15, -0.1) is 11.8 Å². The maximum atomic E-state index is 9.89. The van der Waals surface area contributed by atoms with E-state index in [0.29, 0.717) is 11.6 Å². The molecule has 1 aliphatic rings. The fourth-order valence-electron chi connectivity index (χ4n) is 2.51. The fourth-order valence-corrected chi connectivity index (χ4v) is 3.65. The van der Waals surface area contributed by atoms with Gasteiger partial charge < -0.3 is 5.11 Å². The Kier molecular flexibility index (Phi) is 5.19. The molecule has 0 bridgehead atoms. The van der Waals surface area contributed by atoms with Crippen molar-refractivity contribution in [3.8, 4) is 6.07 Å². The highest BCUT2D eigenvalue weighted by atomic mass is 32.2. The van der Waals surface area contributed by atoms with E-state index in [2.05, 4.69) is 0 Å². The zero-order chi connectivity index (χ0) is 14.4. The zero-order valence-corrected chi connectivity index (χ0v) is 12.0. The quantitative estimate of drug-likeness (QED) is 0.815. The molecule has 1 aromatic carbocycles. The lowest BCUT2D eigenvalue weighted by molar-refractivity contribution is 0.183. The van der Waals surface area contributed by atoms with Gasteiger partial charge in [0, 0.05) is 10.6 Å². The van der Waals surface area contributed by atoms with Crippen LogP contribution in [-0.4, -0.2) is 10.9 Å². The predicted octanol–water partition coefficient (Wildman–Crippen LogP) is 4.31. The maximum absolute atomic E-state index is 9.89. The Labute approximate surface area is 121 Å². The number of benzene rings is 1. The molecule has 102 valence electrons. The summed E-state index contributed by atoms with van der Waals surface area (Å²) < 4.78 is 7.83. The Hall–Kier alpha value is -0.980. The average Bonchev–Trinajstić information content (AvgIpc) is 2.47. The maximum Gasteiger partial charge on any atom is 0.0920 e. The molecule has 1 aromatic rings. The van der Waals surface area contributed by atoms with Gasteiger partial charge in [0.15, 0.2) is 0 Å². The van der Waals surface area contributed by atoms with Crippen LogP contribution in [0, 0.1) is 17.2 Å². The van der Waals surface area contributed by atoms with Gasteiger partial charge >= 0.3 is 0 Å². The molecule has 0 aliphatic heterocycles. The molecule has 1 aliphatic carbocycles. The minimum Gasteiger partial charge on any atom is -0.387 e. The third kappa shape index (κ3) is 4.56. The van der Waals surface area contributed by atoms with Crippen molar-refractivity contribution < 1.29 is 6.48 Å². The Morgan fingerprint density at radius 1 is 1.47 bits per heavy atom. The first-order valence-corrected chi connectivity index (χ1v) is 7.97. The van der Waals surface area contributed by atoms with E-state index >= 15 is 0 Å². The highest BCUT2D eigenvalue weighted by molar-refractivity contribution is 7.99. The summed E-state index contributed by atoms with van der Waals surface area (Å²) in [6.07, 6.45) is 5.93. The number of aliphatic hydroxyl groups excluding tert-OH is 1. The number of hydrogen-bond donors (Lipinski definition) is 1. The fraction of sp³-hybridized carbons (Fsp3) is 0.562. The van der Waals surface area contributed by atoms with Crippen molar-refractivity contribution in [3.63, 3.8) is 0 Å². The Morgan fingerprint density at radius 3 is 3.00 bits per heavy atom. The molecule has 1 saturated carbocycles. The van der Waals surface area contributed by atoms with Crippen LogP contribution in [0.2, 0.25) is 0 Å². The molecule has 1 unspecified atom stereocenters. The van der Waals surface area contributed by atoms with Gasteiger partial charge in [-0.3, -0.25) is 0 Å². The number of nitriles is 1. The first-order valence-electron chi connectivity index (χ1n) is 7.49. The molecule has 1 fully saturated rings. The van der Waals surface area contributed by atoms with Gasteiger partial charge in [-0.2, -0.15) is 5.26 Å². The third-order valence-corrected chi connectivity index (χ3v) is 4.87. The molecule has 0 heterocycles. The van der Waals surface area contributed by atoms with Crippen molar-refractivity contribution in [2.24, 2.45) is 5.92 Å². The Balaban J connectivity index is 1.98. The lowest BCUT2D eigenvalue weighted by Crippen LogP contribution is -2.08. The number of hydrogen-bond acceptors (Lipinski definition) is 3. The molecule has 3 heteroatoms. The van der Waals surface area contributed by atoms with Gasteiger partial charge in [-0.1, -0.05) is 31.4 Å². The summed E-state index contributed by atoms with van der Waals surface area (Å²) in [5, 5.41) is 18.5. The SMILES string of the molecule is [2H]c1ccc(SCC2CCCCC2)cc1C(O)CC#N. The largest absolute Gasteiger partial charge is 0.387 e. The number of nitrogens with zero attached hydrogens (tertiary/aromatic N) is 1. The number of thioether (sulfide) groups is 1. The van der Waals surface area contributed by atoms with E-state index in [-0.39, 0.29) is 6.42 Å². The molecular weight excluding hydrogens is 254 g/mol. The highest BCUT2D eigenvalue weighted by Crippen LogP contribution is 2.31. The summed E-state index contributed by atoms with van der Waals surface area (Å²) in [5.74, 6) is 1.92. The van der Waals surface area contributed by atoms with Gasteiger partial charge in [0.05, 0.1) is 20.0 Å². The molecule has 0 amide bonds. The number of rotatable bonds is 5. The van der Waals surface area contributed by atoms with Crippen molar-refractivity contribution in [3.05, 3.63) is 29.8 Å². The van der Waals surface area contributed by atoms with E-state index in [1.165, 1.54) is 32.1 Å². The minimum absolute atomic E-state index is 0.0443. The average molecular weight is 276 g/mol. The van der Waals surface area contributed by atoms with Crippen LogP contribution in [-0.2, 0) is 0 Å². The first-order chi connectivity index (χ1) is 9.70. The lowest BCUT2D eigenvalue weighted by atomic mass is 9.91. The molecule has 0 radical (unpaired) electrons. The molecular formula is C16H21NOS. The monoisotopic (exact) mass is 276 g/mol. The van der Waals surface area contributed by atoms with Crippen LogP contribution in [0.4, 0.5) is 0 Å². The topological polar surface area (TPSA) is 44.0 Å². The van der Waals surface area contributed by atoms with E-state index in [9.17, 15) is 5.11 Å². The van der Waals surface area contributed by atoms with E-state index in [1.54, 1.807) is 6.07 Å². The summed E-state index contributed by atoms with van der Waals surface area (Å²) >= 11 is 1.81. The van der Waals surface area contributed by atoms with Gasteiger partial charge in [0.2, 0.25) is 0 Å². The van der Waals surface area contributed by atoms with Gasteiger partial charge in [0.25, 0.3) is 0 Å². The van der Waals surface area contributed by atoms with Crippen LogP contribution in [0.15, 0.2) is 29.1 Å². The molecule has 19 heavy (non-hydrogen) atoms. The van der Waals surface area contributed by atoms with Gasteiger partial charge in [-0.05, 0) is 36.5 Å². The van der Waals surface area contributed by atoms with Crippen LogP contribution < -0.4 is 0 Å². The van der Waals surface area contributed by atoms with E-state index in [0.717, 1.165) is 16.6 Å². The standard InChI is InChI=1S/C16H21NOS/c17-10-9-16(18)14-7-4-8-15(11-14)19-12-13-5-2-1-3-6-13/h4,7-8,11,13,16,18H,1-3,5-6,9,12H2/i7D. The van der Waals surface area contributed by atoms with Gasteiger partial charge in [0.1, 0.15) is 0 Å². The van der Waals surface area contributed by atoms with Crippen molar-refractivity contribution in [2.75, 3.05) is 5.75 Å². The van der Waals surface area contributed by atoms with Crippen LogP contribution in [0.5, 0.6) is 0 Å². The molecule has 0 spiro atoms. The lowest BCUT2D eigenvalue weighted by Gasteiger charge is -2.21. The Morgan fingerprint density at radius 2 is 2.26 bits per heavy atom. The van der Waals surface area contributed by atoms with E-state index in [4.69, 9.17) is 6.63 Å². The first kappa shape index (κ1) is 13.0. The molecule has 2 rings (SSSR count). The van der Waals surface area contributed by atoms with Crippen molar-refractivity contribution >= 4 is 11.8 Å². The van der Waals surface area contributed by atoms with E-state index < -0.39 is 6.10 Å². The van der Waals surface area contributed by atoms with Crippen LogP contribution in [0.25, 0.3) is 0 Å². The van der Waals surface area contributed by atoms with Crippen molar-refractivity contribution in [2.45, 2.75) is 49.5 Å². The minimum atomic E-state index is -0.845. The number of aliphatic hydroxyl groups is 1. The third-order valence-electron chi connectivity index (χ3n) is 3.65. The highest BCUT2D eigenvalue weighted by Gasteiger charge is 2.14. The molecule has 0 aromatic heterocycles. The molecule has 0 saturated heterocycles. The molecule has 1 atom stereocenters. The predicted molar refractivity (Wildman–Crippen MR) is 78.9 cm³/mol. The smallest absolute Gasteiger partial charge is 0.0920 e. The second-order valence-electron chi connectivity index (χ2n) is 5.17.